The Morgan fingerprint density at radius 3 is 3.17 bits per heavy atom. The van der Waals surface area contributed by atoms with Crippen molar-refractivity contribution in [3.8, 4) is 0 Å². The largest absolute Gasteiger partial charge is 0.461 e. The standard InChI is InChI=1S/C7H10N2O2S/c1-3-11-7(10)5-6(12-2)9-4-8-5/h4H,3H2,1-2H3,(H,8,9). The average molecular weight is 186 g/mol. The molecule has 0 atom stereocenters. The van der Waals surface area contributed by atoms with Crippen LogP contribution in [0.4, 0.5) is 0 Å². The van der Waals surface area contributed by atoms with Crippen LogP contribution < -0.4 is 0 Å². The van der Waals surface area contributed by atoms with Crippen molar-refractivity contribution in [2.24, 2.45) is 0 Å². The van der Waals surface area contributed by atoms with Crippen LogP contribution >= 0.6 is 11.8 Å². The quantitative estimate of drug-likeness (QED) is 0.571. The van der Waals surface area contributed by atoms with E-state index in [2.05, 4.69) is 9.97 Å². The maximum absolute atomic E-state index is 11.2. The number of hydrogen-bond donors (Lipinski definition) is 1. The summed E-state index contributed by atoms with van der Waals surface area (Å²) < 4.78 is 4.81. The minimum atomic E-state index is -0.348. The smallest absolute Gasteiger partial charge is 0.357 e. The highest BCUT2D eigenvalue weighted by Gasteiger charge is 2.13. The Kier molecular flexibility index (Phi) is 3.16. The molecule has 66 valence electrons. The highest BCUT2D eigenvalue weighted by Crippen LogP contribution is 2.15. The van der Waals surface area contributed by atoms with Crippen LogP contribution in [0.5, 0.6) is 0 Å². The number of nitrogens with one attached hydrogen (secondary N) is 1. The molecule has 0 aliphatic carbocycles. The van der Waals surface area contributed by atoms with E-state index >= 15 is 0 Å². The van der Waals surface area contributed by atoms with Crippen molar-refractivity contribution >= 4 is 17.7 Å². The summed E-state index contributed by atoms with van der Waals surface area (Å²) in [5.41, 5.74) is 0.435. The molecule has 5 heteroatoms. The predicted molar refractivity (Wildman–Crippen MR) is 46.3 cm³/mol. The summed E-state index contributed by atoms with van der Waals surface area (Å²) in [5.74, 6) is -0.348. The molecular formula is C7H10N2O2S. The average Bonchev–Trinajstić information content (AvgIpc) is 2.51. The van der Waals surface area contributed by atoms with E-state index in [4.69, 9.17) is 4.74 Å². The molecule has 0 radical (unpaired) electrons. The summed E-state index contributed by atoms with van der Waals surface area (Å²) in [6.45, 7) is 2.15. The fraction of sp³-hybridized carbons (Fsp3) is 0.429. The minimum absolute atomic E-state index is 0.348. The lowest BCUT2D eigenvalue weighted by atomic mass is 10.5. The highest BCUT2D eigenvalue weighted by molar-refractivity contribution is 7.98. The summed E-state index contributed by atoms with van der Waals surface area (Å²) in [4.78, 5) is 17.9. The number of imidazole rings is 1. The van der Waals surface area contributed by atoms with E-state index in [1.54, 1.807) is 6.92 Å². The van der Waals surface area contributed by atoms with Crippen LogP contribution in [0.2, 0.25) is 0 Å². The van der Waals surface area contributed by atoms with Gasteiger partial charge in [-0.15, -0.1) is 11.8 Å². The van der Waals surface area contributed by atoms with E-state index in [1.165, 1.54) is 18.1 Å². The van der Waals surface area contributed by atoms with Gasteiger partial charge >= 0.3 is 5.97 Å². The number of H-pyrrole nitrogens is 1. The molecule has 12 heavy (non-hydrogen) atoms. The molecular weight excluding hydrogens is 176 g/mol. The highest BCUT2D eigenvalue weighted by atomic mass is 32.2. The first-order chi connectivity index (χ1) is 5.79. The molecule has 0 aliphatic heterocycles. The normalized spacial score (nSPS) is 9.83. The Balaban J connectivity index is 2.79. The van der Waals surface area contributed by atoms with E-state index in [0.717, 1.165) is 0 Å². The first-order valence-corrected chi connectivity index (χ1v) is 4.76. The summed E-state index contributed by atoms with van der Waals surface area (Å²) in [7, 11) is 0. The number of esters is 1. The molecule has 0 amide bonds. The topological polar surface area (TPSA) is 55.0 Å². The van der Waals surface area contributed by atoms with Crippen LogP contribution in [-0.4, -0.2) is 28.8 Å². The van der Waals surface area contributed by atoms with Gasteiger partial charge in [-0.05, 0) is 13.2 Å². The number of ether oxygens (including phenoxy) is 1. The number of nitrogens with zero attached hydrogens (tertiary/aromatic N) is 1. The number of aromatic nitrogens is 2. The number of carbonyl (C=O) groups excluding carboxylic acids is 1. The van der Waals surface area contributed by atoms with Crippen molar-refractivity contribution in [3.63, 3.8) is 0 Å². The van der Waals surface area contributed by atoms with Crippen molar-refractivity contribution in [1.29, 1.82) is 0 Å². The van der Waals surface area contributed by atoms with Crippen LogP contribution in [-0.2, 0) is 4.74 Å². The fourth-order valence-corrected chi connectivity index (χ4v) is 1.29. The van der Waals surface area contributed by atoms with Crippen LogP contribution in [0.1, 0.15) is 17.4 Å². The molecule has 0 spiro atoms. The van der Waals surface area contributed by atoms with E-state index in [1.807, 2.05) is 6.26 Å². The lowest BCUT2D eigenvalue weighted by molar-refractivity contribution is 0.0516. The number of aromatic amines is 1. The lowest BCUT2D eigenvalue weighted by Gasteiger charge is -1.99. The van der Waals surface area contributed by atoms with E-state index < -0.39 is 0 Å². The molecule has 0 unspecified atom stereocenters. The third-order valence-corrected chi connectivity index (χ3v) is 1.97. The minimum Gasteiger partial charge on any atom is -0.461 e. The first kappa shape index (κ1) is 9.12. The molecule has 0 fully saturated rings. The van der Waals surface area contributed by atoms with E-state index in [-0.39, 0.29) is 5.97 Å². The maximum Gasteiger partial charge on any atom is 0.357 e. The monoisotopic (exact) mass is 186 g/mol. The van der Waals surface area contributed by atoms with Gasteiger partial charge in [0.2, 0.25) is 0 Å². The molecule has 0 aromatic carbocycles. The van der Waals surface area contributed by atoms with Crippen molar-refractivity contribution in [3.05, 3.63) is 12.0 Å². The zero-order chi connectivity index (χ0) is 8.97. The van der Waals surface area contributed by atoms with Crippen molar-refractivity contribution < 1.29 is 9.53 Å². The zero-order valence-electron chi connectivity index (χ0n) is 6.96. The molecule has 1 rings (SSSR count). The van der Waals surface area contributed by atoms with Crippen LogP contribution in [0.3, 0.4) is 0 Å². The van der Waals surface area contributed by atoms with Gasteiger partial charge in [-0.25, -0.2) is 9.78 Å². The van der Waals surface area contributed by atoms with Gasteiger partial charge in [0.05, 0.1) is 12.9 Å². The molecule has 1 heterocycles. The van der Waals surface area contributed by atoms with Crippen molar-refractivity contribution in [2.45, 2.75) is 11.9 Å². The van der Waals surface area contributed by atoms with E-state index in [9.17, 15) is 4.79 Å². The predicted octanol–water partition coefficient (Wildman–Crippen LogP) is 1.31. The van der Waals surface area contributed by atoms with Gasteiger partial charge in [-0.3, -0.25) is 0 Å². The molecule has 0 aliphatic rings. The summed E-state index contributed by atoms with van der Waals surface area (Å²) >= 11 is 1.41. The van der Waals surface area contributed by atoms with Crippen molar-refractivity contribution in [1.82, 2.24) is 9.97 Å². The zero-order valence-corrected chi connectivity index (χ0v) is 7.77. The van der Waals surface area contributed by atoms with Gasteiger partial charge < -0.3 is 9.72 Å². The van der Waals surface area contributed by atoms with Crippen LogP contribution in [0, 0.1) is 0 Å². The van der Waals surface area contributed by atoms with Gasteiger partial charge in [0.25, 0.3) is 0 Å². The molecule has 1 N–H and O–H groups in total. The van der Waals surface area contributed by atoms with Gasteiger partial charge in [0, 0.05) is 0 Å². The second-order valence-electron chi connectivity index (χ2n) is 2.01. The van der Waals surface area contributed by atoms with Gasteiger partial charge in [-0.2, -0.15) is 0 Å². The molecule has 4 nitrogen and oxygen atoms in total. The number of rotatable bonds is 3. The molecule has 0 saturated heterocycles. The van der Waals surface area contributed by atoms with Gasteiger partial charge in [-0.1, -0.05) is 0 Å². The van der Waals surface area contributed by atoms with E-state index in [0.29, 0.717) is 17.3 Å². The fourth-order valence-electron chi connectivity index (χ4n) is 0.786. The summed E-state index contributed by atoms with van der Waals surface area (Å²) in [6.07, 6.45) is 3.34. The molecule has 1 aromatic rings. The second kappa shape index (κ2) is 4.15. The summed E-state index contributed by atoms with van der Waals surface area (Å²) in [5, 5.41) is 0.674. The molecule has 0 bridgehead atoms. The number of carbonyl (C=O) groups is 1. The van der Waals surface area contributed by atoms with Gasteiger partial charge in [0.1, 0.15) is 5.03 Å². The van der Waals surface area contributed by atoms with Gasteiger partial charge in [0.15, 0.2) is 5.69 Å². The third kappa shape index (κ3) is 1.79. The van der Waals surface area contributed by atoms with Crippen LogP contribution in [0.15, 0.2) is 11.4 Å². The van der Waals surface area contributed by atoms with Crippen molar-refractivity contribution in [2.75, 3.05) is 12.9 Å². The Morgan fingerprint density at radius 2 is 2.58 bits per heavy atom. The Bertz CT molecular complexity index is 272. The SMILES string of the molecule is CCOC(=O)c1[nH]cnc1SC. The molecule has 1 aromatic heterocycles. The Labute approximate surface area is 74.7 Å². The number of hydrogen-bond acceptors (Lipinski definition) is 4. The Morgan fingerprint density at radius 1 is 1.83 bits per heavy atom. The first-order valence-electron chi connectivity index (χ1n) is 3.54. The summed E-state index contributed by atoms with van der Waals surface area (Å²) in [6, 6.07) is 0. The lowest BCUT2D eigenvalue weighted by Crippen LogP contribution is -2.06. The second-order valence-corrected chi connectivity index (χ2v) is 2.80. The van der Waals surface area contributed by atoms with Crippen LogP contribution in [0.25, 0.3) is 0 Å². The number of thioether (sulfide) groups is 1. The molecule has 0 saturated carbocycles. The maximum atomic E-state index is 11.2. The third-order valence-electron chi connectivity index (χ3n) is 1.28. The Hall–Kier alpha value is -0.970.